The molecular weight excluding hydrogens is 252 g/mol. The average Bonchev–Trinajstić information content (AvgIpc) is 2.83. The molecule has 2 heterocycles. The molecule has 3 rings (SSSR count). The molecule has 0 bridgehead atoms. The highest BCUT2D eigenvalue weighted by atomic mass is 35.5. The van der Waals surface area contributed by atoms with Crippen molar-refractivity contribution in [3.8, 4) is 5.75 Å². The largest absolute Gasteiger partial charge is 0.506 e. The quantitative estimate of drug-likeness (QED) is 0.733. The van der Waals surface area contributed by atoms with Crippen LogP contribution in [0.4, 0.5) is 11.5 Å². The average molecular weight is 261 g/mol. The molecule has 2 aromatic heterocycles. The summed E-state index contributed by atoms with van der Waals surface area (Å²) >= 11 is 5.75. The maximum absolute atomic E-state index is 9.54. The van der Waals surface area contributed by atoms with Crippen molar-refractivity contribution in [2.24, 2.45) is 0 Å². The predicted molar refractivity (Wildman–Crippen MR) is 70.4 cm³/mol. The number of pyridine rings is 1. The van der Waals surface area contributed by atoms with Gasteiger partial charge in [0.05, 0.1) is 16.7 Å². The summed E-state index contributed by atoms with van der Waals surface area (Å²) < 4.78 is 5.29. The van der Waals surface area contributed by atoms with Gasteiger partial charge in [-0.05, 0) is 24.3 Å². The van der Waals surface area contributed by atoms with Crippen molar-refractivity contribution < 1.29 is 9.52 Å². The van der Waals surface area contributed by atoms with Crippen molar-refractivity contribution in [3.63, 3.8) is 0 Å². The highest BCUT2D eigenvalue weighted by Gasteiger charge is 2.06. The minimum atomic E-state index is 0.0287. The van der Waals surface area contributed by atoms with Crippen molar-refractivity contribution >= 4 is 34.1 Å². The van der Waals surface area contributed by atoms with Crippen molar-refractivity contribution in [2.45, 2.75) is 0 Å². The molecule has 2 N–H and O–H groups in total. The number of rotatable bonds is 2. The van der Waals surface area contributed by atoms with Crippen molar-refractivity contribution in [1.82, 2.24) is 4.98 Å². The van der Waals surface area contributed by atoms with Crippen LogP contribution in [-0.4, -0.2) is 10.1 Å². The van der Waals surface area contributed by atoms with Gasteiger partial charge in [0.2, 0.25) is 0 Å². The first-order chi connectivity index (χ1) is 8.74. The first-order valence-electron chi connectivity index (χ1n) is 5.32. The van der Waals surface area contributed by atoms with E-state index in [9.17, 15) is 5.11 Å². The number of furan rings is 1. The fourth-order valence-electron chi connectivity index (χ4n) is 1.72. The molecule has 0 atom stereocenters. The minimum Gasteiger partial charge on any atom is -0.506 e. The third-order valence-corrected chi connectivity index (χ3v) is 2.91. The molecule has 90 valence electrons. The van der Waals surface area contributed by atoms with E-state index in [0.717, 1.165) is 11.0 Å². The van der Waals surface area contributed by atoms with E-state index in [-0.39, 0.29) is 5.75 Å². The number of aromatic hydroxyl groups is 1. The molecule has 4 nitrogen and oxygen atoms in total. The molecule has 0 unspecified atom stereocenters. The lowest BCUT2D eigenvalue weighted by Crippen LogP contribution is -1.93. The zero-order valence-electron chi connectivity index (χ0n) is 9.22. The standard InChI is InChI=1S/C13H9ClN2O2/c14-10-2-1-8(7-11(10)17)16-13-9-4-6-18-12(9)3-5-15-13/h1-7,17H,(H,15,16). The molecule has 0 radical (unpaired) electrons. The molecule has 1 aromatic carbocycles. The second-order valence-corrected chi connectivity index (χ2v) is 4.19. The molecule has 0 aliphatic carbocycles. The van der Waals surface area contributed by atoms with E-state index in [1.165, 1.54) is 0 Å². The number of hydrogen-bond acceptors (Lipinski definition) is 4. The molecule has 0 aliphatic heterocycles. The van der Waals surface area contributed by atoms with Gasteiger partial charge in [0, 0.05) is 18.0 Å². The topological polar surface area (TPSA) is 58.3 Å². The third-order valence-electron chi connectivity index (χ3n) is 2.59. The van der Waals surface area contributed by atoms with Crippen LogP contribution in [0.1, 0.15) is 0 Å². The molecule has 0 saturated heterocycles. The Balaban J connectivity index is 2.01. The Labute approximate surface area is 108 Å². The molecule has 0 fully saturated rings. The van der Waals surface area contributed by atoms with Gasteiger partial charge in [0.15, 0.2) is 0 Å². The summed E-state index contributed by atoms with van der Waals surface area (Å²) in [7, 11) is 0. The molecule has 0 amide bonds. The maximum Gasteiger partial charge on any atom is 0.141 e. The van der Waals surface area contributed by atoms with E-state index >= 15 is 0 Å². The van der Waals surface area contributed by atoms with Gasteiger partial charge >= 0.3 is 0 Å². The fourth-order valence-corrected chi connectivity index (χ4v) is 1.84. The molecule has 0 saturated carbocycles. The van der Waals surface area contributed by atoms with Crippen LogP contribution in [0.15, 0.2) is 47.2 Å². The summed E-state index contributed by atoms with van der Waals surface area (Å²) in [6.45, 7) is 0. The van der Waals surface area contributed by atoms with Crippen molar-refractivity contribution in [3.05, 3.63) is 47.8 Å². The zero-order chi connectivity index (χ0) is 12.5. The number of benzene rings is 1. The van der Waals surface area contributed by atoms with E-state index in [4.69, 9.17) is 16.0 Å². The molecular formula is C13H9ClN2O2. The monoisotopic (exact) mass is 260 g/mol. The molecule has 5 heteroatoms. The Bertz CT molecular complexity index is 709. The van der Waals surface area contributed by atoms with Crippen LogP contribution < -0.4 is 5.32 Å². The lowest BCUT2D eigenvalue weighted by molar-refractivity contribution is 0.476. The Hall–Kier alpha value is -2.20. The molecule has 0 spiro atoms. The smallest absolute Gasteiger partial charge is 0.141 e. The number of fused-ring (bicyclic) bond motifs is 1. The first-order valence-corrected chi connectivity index (χ1v) is 5.69. The maximum atomic E-state index is 9.54. The van der Waals surface area contributed by atoms with Crippen LogP contribution in [0.2, 0.25) is 5.02 Å². The van der Waals surface area contributed by atoms with Crippen LogP contribution >= 0.6 is 11.6 Å². The molecule has 18 heavy (non-hydrogen) atoms. The highest BCUT2D eigenvalue weighted by Crippen LogP contribution is 2.29. The Kier molecular flexibility index (Phi) is 2.57. The number of halogens is 1. The number of aromatic nitrogens is 1. The van der Waals surface area contributed by atoms with Crippen LogP contribution in [0, 0.1) is 0 Å². The van der Waals surface area contributed by atoms with Gasteiger partial charge in [-0.15, -0.1) is 0 Å². The van der Waals surface area contributed by atoms with E-state index in [2.05, 4.69) is 10.3 Å². The normalized spacial score (nSPS) is 10.7. The second kappa shape index (κ2) is 4.23. The Morgan fingerprint density at radius 3 is 2.94 bits per heavy atom. The van der Waals surface area contributed by atoms with E-state index in [1.807, 2.05) is 6.07 Å². The van der Waals surface area contributed by atoms with E-state index < -0.39 is 0 Å². The summed E-state index contributed by atoms with van der Waals surface area (Å²) in [6.07, 6.45) is 3.26. The minimum absolute atomic E-state index is 0.0287. The zero-order valence-corrected chi connectivity index (χ0v) is 9.98. The van der Waals surface area contributed by atoms with Crippen LogP contribution in [0.25, 0.3) is 11.0 Å². The number of phenolic OH excluding ortho intramolecular Hbond substituents is 1. The second-order valence-electron chi connectivity index (χ2n) is 3.78. The van der Waals surface area contributed by atoms with Crippen molar-refractivity contribution in [1.29, 1.82) is 0 Å². The summed E-state index contributed by atoms with van der Waals surface area (Å²) in [6, 6.07) is 8.56. The van der Waals surface area contributed by atoms with Gasteiger partial charge in [0.1, 0.15) is 17.2 Å². The Morgan fingerprint density at radius 2 is 2.11 bits per heavy atom. The fraction of sp³-hybridized carbons (Fsp3) is 0. The summed E-state index contributed by atoms with van der Waals surface area (Å²) in [5.74, 6) is 0.698. The van der Waals surface area contributed by atoms with Gasteiger partial charge in [-0.1, -0.05) is 11.6 Å². The van der Waals surface area contributed by atoms with Gasteiger partial charge in [0.25, 0.3) is 0 Å². The summed E-state index contributed by atoms with van der Waals surface area (Å²) in [5, 5.41) is 13.8. The Morgan fingerprint density at radius 1 is 1.22 bits per heavy atom. The lowest BCUT2D eigenvalue weighted by atomic mass is 10.2. The van der Waals surface area contributed by atoms with Crippen molar-refractivity contribution in [2.75, 3.05) is 5.32 Å². The van der Waals surface area contributed by atoms with E-state index in [0.29, 0.717) is 16.5 Å². The van der Waals surface area contributed by atoms with Gasteiger partial charge in [-0.3, -0.25) is 0 Å². The SMILES string of the molecule is Oc1cc(Nc2nccc3occc23)ccc1Cl. The number of nitrogens with zero attached hydrogens (tertiary/aromatic N) is 1. The molecule has 3 aromatic rings. The van der Waals surface area contributed by atoms with Crippen LogP contribution in [0.3, 0.4) is 0 Å². The summed E-state index contributed by atoms with van der Waals surface area (Å²) in [5.41, 5.74) is 1.46. The van der Waals surface area contributed by atoms with Crippen LogP contribution in [-0.2, 0) is 0 Å². The summed E-state index contributed by atoms with van der Waals surface area (Å²) in [4.78, 5) is 4.24. The van der Waals surface area contributed by atoms with Gasteiger partial charge < -0.3 is 14.8 Å². The number of anilines is 2. The van der Waals surface area contributed by atoms with Gasteiger partial charge in [-0.2, -0.15) is 0 Å². The van der Waals surface area contributed by atoms with Crippen LogP contribution in [0.5, 0.6) is 5.75 Å². The number of nitrogens with one attached hydrogen (secondary N) is 1. The number of hydrogen-bond donors (Lipinski definition) is 2. The van der Waals surface area contributed by atoms with Gasteiger partial charge in [-0.25, -0.2) is 4.98 Å². The number of phenols is 1. The first kappa shape index (κ1) is 10.9. The lowest BCUT2D eigenvalue weighted by Gasteiger charge is -2.07. The highest BCUT2D eigenvalue weighted by molar-refractivity contribution is 6.32. The van der Waals surface area contributed by atoms with E-state index in [1.54, 1.807) is 36.7 Å². The third kappa shape index (κ3) is 1.87. The predicted octanol–water partition coefficient (Wildman–Crippen LogP) is 3.93. The molecule has 0 aliphatic rings.